The molecule has 0 N–H and O–H groups in total. The second-order valence-corrected chi connectivity index (χ2v) is 8.21. The summed E-state index contributed by atoms with van der Waals surface area (Å²) in [5.74, 6) is 0.0427. The second-order valence-electron chi connectivity index (χ2n) is 7.40. The van der Waals surface area contributed by atoms with E-state index in [2.05, 4.69) is 36.2 Å². The highest BCUT2D eigenvalue weighted by atomic mass is 35.5. The first-order valence-corrected chi connectivity index (χ1v) is 10.5. The number of hydrogen-bond donors (Lipinski definition) is 0. The maximum absolute atomic E-state index is 13.1. The number of hydrogen-bond acceptors (Lipinski definition) is 2. The Labute approximate surface area is 181 Å². The van der Waals surface area contributed by atoms with Gasteiger partial charge in [-0.3, -0.25) is 9.78 Å². The van der Waals surface area contributed by atoms with Crippen LogP contribution in [0.15, 0.2) is 54.7 Å². The van der Waals surface area contributed by atoms with Gasteiger partial charge in [-0.1, -0.05) is 53.5 Å². The zero-order valence-electron chi connectivity index (χ0n) is 16.5. The van der Waals surface area contributed by atoms with Crippen molar-refractivity contribution in [2.75, 3.05) is 6.54 Å². The molecule has 3 aromatic rings. The number of fused-ring (bicyclic) bond motifs is 1. The van der Waals surface area contributed by atoms with Gasteiger partial charge in [0.05, 0.1) is 12.5 Å². The van der Waals surface area contributed by atoms with Crippen molar-refractivity contribution < 1.29 is 4.79 Å². The van der Waals surface area contributed by atoms with Crippen molar-refractivity contribution in [3.8, 4) is 11.1 Å². The molecule has 1 amide bonds. The Kier molecular flexibility index (Phi) is 5.62. The van der Waals surface area contributed by atoms with Crippen molar-refractivity contribution in [1.29, 1.82) is 0 Å². The summed E-state index contributed by atoms with van der Waals surface area (Å²) >= 11 is 12.5. The molecular weight excluding hydrogens is 403 g/mol. The van der Waals surface area contributed by atoms with Crippen LogP contribution >= 0.6 is 23.2 Å². The van der Waals surface area contributed by atoms with Gasteiger partial charge in [-0.05, 0) is 60.7 Å². The lowest BCUT2D eigenvalue weighted by Crippen LogP contribution is -2.40. The van der Waals surface area contributed by atoms with Crippen molar-refractivity contribution in [3.05, 3.63) is 87.2 Å². The van der Waals surface area contributed by atoms with Crippen LogP contribution in [0.1, 0.15) is 35.3 Å². The van der Waals surface area contributed by atoms with Crippen LogP contribution in [-0.4, -0.2) is 22.3 Å². The quantitative estimate of drug-likeness (QED) is 0.512. The molecule has 0 unspecified atom stereocenters. The Morgan fingerprint density at radius 3 is 2.48 bits per heavy atom. The molecule has 1 aliphatic heterocycles. The number of aryl methyl sites for hydroxylation is 1. The van der Waals surface area contributed by atoms with Crippen LogP contribution in [0.2, 0.25) is 10.0 Å². The summed E-state index contributed by atoms with van der Waals surface area (Å²) in [7, 11) is 0. The van der Waals surface area contributed by atoms with E-state index in [-0.39, 0.29) is 18.4 Å². The van der Waals surface area contributed by atoms with Gasteiger partial charge >= 0.3 is 0 Å². The average molecular weight is 425 g/mol. The lowest BCUT2D eigenvalue weighted by atomic mass is 9.86. The summed E-state index contributed by atoms with van der Waals surface area (Å²) in [4.78, 5) is 19.5. The van der Waals surface area contributed by atoms with Gasteiger partial charge < -0.3 is 4.90 Å². The number of benzene rings is 2. The smallest absolute Gasteiger partial charge is 0.227 e. The predicted molar refractivity (Wildman–Crippen MR) is 118 cm³/mol. The average Bonchev–Trinajstić information content (AvgIpc) is 2.71. The standard InChI is InChI=1S/C24H22Cl2N2O/c1-15-17(8-5-12-27-15)19-7-3-6-18-16(2)28(13-11-20(18)19)24(29)14-21-22(25)9-4-10-23(21)26/h3-10,12,16H,11,13-14H2,1-2H3/t16-/m0/s1. The largest absolute Gasteiger partial charge is 0.335 e. The van der Waals surface area contributed by atoms with Crippen LogP contribution in [0.4, 0.5) is 0 Å². The van der Waals surface area contributed by atoms with Crippen LogP contribution in [0, 0.1) is 6.92 Å². The molecule has 4 rings (SSSR count). The minimum Gasteiger partial charge on any atom is -0.335 e. The summed E-state index contributed by atoms with van der Waals surface area (Å²) in [6.45, 7) is 4.79. The molecule has 0 saturated carbocycles. The predicted octanol–water partition coefficient (Wildman–Crippen LogP) is 6.05. The number of nitrogens with zero attached hydrogens (tertiary/aromatic N) is 2. The molecule has 1 aromatic heterocycles. The van der Waals surface area contributed by atoms with Crippen molar-refractivity contribution >= 4 is 29.1 Å². The lowest BCUT2D eigenvalue weighted by molar-refractivity contribution is -0.133. The SMILES string of the molecule is Cc1ncccc1-c1cccc2c1CCN(C(=O)Cc1c(Cl)cccc1Cl)[C@H]2C. The zero-order valence-corrected chi connectivity index (χ0v) is 18.0. The second kappa shape index (κ2) is 8.17. The molecule has 148 valence electrons. The Hall–Kier alpha value is -2.36. The maximum atomic E-state index is 13.1. The van der Waals surface area contributed by atoms with E-state index in [4.69, 9.17) is 23.2 Å². The van der Waals surface area contributed by atoms with Gasteiger partial charge in [0, 0.05) is 34.0 Å². The normalized spacial score (nSPS) is 15.9. The zero-order chi connectivity index (χ0) is 20.5. The molecule has 5 heteroatoms. The molecular formula is C24H22Cl2N2O. The fourth-order valence-corrected chi connectivity index (χ4v) is 4.72. The summed E-state index contributed by atoms with van der Waals surface area (Å²) in [5, 5.41) is 1.07. The van der Waals surface area contributed by atoms with Crippen LogP contribution in [0.3, 0.4) is 0 Å². The Morgan fingerprint density at radius 1 is 1.07 bits per heavy atom. The van der Waals surface area contributed by atoms with E-state index < -0.39 is 0 Å². The van der Waals surface area contributed by atoms with Crippen LogP contribution in [-0.2, 0) is 17.6 Å². The number of aromatic nitrogens is 1. The first-order chi connectivity index (χ1) is 14.0. The van der Waals surface area contributed by atoms with Crippen LogP contribution in [0.5, 0.6) is 0 Å². The first-order valence-electron chi connectivity index (χ1n) is 9.73. The molecule has 2 aromatic carbocycles. The van der Waals surface area contributed by atoms with E-state index in [1.165, 1.54) is 16.7 Å². The molecule has 1 atom stereocenters. The van der Waals surface area contributed by atoms with E-state index in [0.717, 1.165) is 17.7 Å². The highest BCUT2D eigenvalue weighted by Crippen LogP contribution is 2.37. The van der Waals surface area contributed by atoms with Crippen LogP contribution < -0.4 is 0 Å². The number of rotatable bonds is 3. The van der Waals surface area contributed by atoms with Gasteiger partial charge in [-0.15, -0.1) is 0 Å². The third kappa shape index (κ3) is 3.77. The lowest BCUT2D eigenvalue weighted by Gasteiger charge is -2.36. The Bertz CT molecular complexity index is 1060. The van der Waals surface area contributed by atoms with E-state index in [9.17, 15) is 4.79 Å². The molecule has 2 heterocycles. The minimum absolute atomic E-state index is 0.00978. The molecule has 29 heavy (non-hydrogen) atoms. The van der Waals surface area contributed by atoms with E-state index in [0.29, 0.717) is 22.2 Å². The fraction of sp³-hybridized carbons (Fsp3) is 0.250. The van der Waals surface area contributed by atoms with Gasteiger partial charge in [0.2, 0.25) is 5.91 Å². The summed E-state index contributed by atoms with van der Waals surface area (Å²) < 4.78 is 0. The molecule has 0 bridgehead atoms. The topological polar surface area (TPSA) is 33.2 Å². The molecule has 0 fully saturated rings. The highest BCUT2D eigenvalue weighted by Gasteiger charge is 2.29. The minimum atomic E-state index is -0.00978. The van der Waals surface area contributed by atoms with Crippen molar-refractivity contribution in [2.45, 2.75) is 32.7 Å². The van der Waals surface area contributed by atoms with Crippen molar-refractivity contribution in [3.63, 3.8) is 0 Å². The van der Waals surface area contributed by atoms with Crippen molar-refractivity contribution in [1.82, 2.24) is 9.88 Å². The van der Waals surface area contributed by atoms with Gasteiger partial charge in [-0.25, -0.2) is 0 Å². The van der Waals surface area contributed by atoms with Gasteiger partial charge in [0.1, 0.15) is 0 Å². The number of pyridine rings is 1. The number of carbonyl (C=O) groups is 1. The third-order valence-corrected chi connectivity index (χ3v) is 6.45. The maximum Gasteiger partial charge on any atom is 0.227 e. The van der Waals surface area contributed by atoms with E-state index >= 15 is 0 Å². The number of amides is 1. The fourth-order valence-electron chi connectivity index (χ4n) is 4.18. The highest BCUT2D eigenvalue weighted by molar-refractivity contribution is 6.36. The van der Waals surface area contributed by atoms with Crippen molar-refractivity contribution in [2.24, 2.45) is 0 Å². The monoisotopic (exact) mass is 424 g/mol. The molecule has 1 aliphatic rings. The van der Waals surface area contributed by atoms with Gasteiger partial charge in [-0.2, -0.15) is 0 Å². The molecule has 3 nitrogen and oxygen atoms in total. The Morgan fingerprint density at radius 2 is 1.76 bits per heavy atom. The first kappa shape index (κ1) is 19.9. The summed E-state index contributed by atoms with van der Waals surface area (Å²) in [5.41, 5.74) is 6.56. The summed E-state index contributed by atoms with van der Waals surface area (Å²) in [6, 6.07) is 15.7. The molecule has 0 saturated heterocycles. The molecule has 0 spiro atoms. The van der Waals surface area contributed by atoms with E-state index in [1.54, 1.807) is 18.2 Å². The third-order valence-electron chi connectivity index (χ3n) is 5.74. The van der Waals surface area contributed by atoms with Gasteiger partial charge in [0.15, 0.2) is 0 Å². The Balaban J connectivity index is 1.64. The molecule has 0 radical (unpaired) electrons. The summed E-state index contributed by atoms with van der Waals surface area (Å²) in [6.07, 6.45) is 2.84. The number of carbonyl (C=O) groups excluding carboxylic acids is 1. The van der Waals surface area contributed by atoms with E-state index in [1.807, 2.05) is 24.1 Å². The van der Waals surface area contributed by atoms with Crippen LogP contribution in [0.25, 0.3) is 11.1 Å². The number of halogens is 2. The van der Waals surface area contributed by atoms with Gasteiger partial charge in [0.25, 0.3) is 0 Å². The molecule has 0 aliphatic carbocycles.